The zero-order chi connectivity index (χ0) is 15.0. The normalized spacial score (nSPS) is 16.5. The summed E-state index contributed by atoms with van der Waals surface area (Å²) in [7, 11) is 0. The van der Waals surface area contributed by atoms with Gasteiger partial charge in [0.1, 0.15) is 0 Å². The number of nitrogens with zero attached hydrogens (tertiary/aromatic N) is 2. The van der Waals surface area contributed by atoms with Gasteiger partial charge in [-0.15, -0.1) is 11.3 Å². The molecule has 1 aliphatic rings. The highest BCUT2D eigenvalue weighted by Gasteiger charge is 2.40. The molecule has 1 aliphatic heterocycles. The average molecular weight is 309 g/mol. The van der Waals surface area contributed by atoms with Gasteiger partial charge in [0.05, 0.1) is 15.4 Å². The van der Waals surface area contributed by atoms with E-state index in [1.807, 2.05) is 6.07 Å². The fourth-order valence-electron chi connectivity index (χ4n) is 2.21. The topological polar surface area (TPSA) is 86.3 Å². The molecule has 3 heterocycles. The van der Waals surface area contributed by atoms with Gasteiger partial charge in [0, 0.05) is 25.2 Å². The van der Waals surface area contributed by atoms with Gasteiger partial charge in [-0.05, 0) is 18.2 Å². The molecule has 21 heavy (non-hydrogen) atoms. The summed E-state index contributed by atoms with van der Waals surface area (Å²) in [6.45, 7) is 0.285. The molecule has 0 aromatic carbocycles. The molecule has 0 aliphatic carbocycles. The number of hydrogen-bond acceptors (Lipinski definition) is 4. The lowest BCUT2D eigenvalue weighted by Crippen LogP contribution is -2.54. The minimum absolute atomic E-state index is 0.142. The fraction of sp³-hybridized carbons (Fsp3) is 0.308. The standard InChI is InChI=1S/C13H12FN3O3S/c14-11(13(19)20)7-5-17(6-7)12(18)10-2-1-9(21-10)8-3-4-15-16-8/h1-4,7,11H,5-6H2,(H,15,16)(H,19,20). The highest BCUT2D eigenvalue weighted by molar-refractivity contribution is 7.17. The highest BCUT2D eigenvalue weighted by atomic mass is 32.1. The summed E-state index contributed by atoms with van der Waals surface area (Å²) in [5.74, 6) is -2.28. The average Bonchev–Trinajstić information content (AvgIpc) is 3.07. The third-order valence-electron chi connectivity index (χ3n) is 3.43. The van der Waals surface area contributed by atoms with Crippen LogP contribution in [0.3, 0.4) is 0 Å². The summed E-state index contributed by atoms with van der Waals surface area (Å²) in [4.78, 5) is 25.6. The Kier molecular flexibility index (Phi) is 3.46. The van der Waals surface area contributed by atoms with Crippen molar-refractivity contribution in [2.75, 3.05) is 13.1 Å². The molecule has 1 amide bonds. The summed E-state index contributed by atoms with van der Waals surface area (Å²) in [6, 6.07) is 5.33. The summed E-state index contributed by atoms with van der Waals surface area (Å²) < 4.78 is 13.3. The minimum Gasteiger partial charge on any atom is -0.479 e. The molecule has 0 spiro atoms. The first kappa shape index (κ1) is 13.7. The first-order chi connectivity index (χ1) is 10.1. The van der Waals surface area contributed by atoms with Crippen molar-refractivity contribution >= 4 is 23.2 Å². The van der Waals surface area contributed by atoms with Crippen molar-refractivity contribution in [3.63, 3.8) is 0 Å². The molecule has 2 aromatic rings. The molecule has 8 heteroatoms. The van der Waals surface area contributed by atoms with E-state index < -0.39 is 18.1 Å². The Morgan fingerprint density at radius 1 is 1.43 bits per heavy atom. The first-order valence-electron chi connectivity index (χ1n) is 6.32. The SMILES string of the molecule is O=C(O)C(F)C1CN(C(=O)c2ccc(-c3ccn[nH]3)s2)C1. The zero-order valence-corrected chi connectivity index (χ0v) is 11.6. The van der Waals surface area contributed by atoms with Crippen molar-refractivity contribution in [3.8, 4) is 10.6 Å². The number of aromatic amines is 1. The quantitative estimate of drug-likeness (QED) is 0.899. The Morgan fingerprint density at radius 2 is 2.19 bits per heavy atom. The van der Waals surface area contributed by atoms with Crippen molar-refractivity contribution in [1.82, 2.24) is 15.1 Å². The lowest BCUT2D eigenvalue weighted by molar-refractivity contribution is -0.147. The molecule has 1 unspecified atom stereocenters. The van der Waals surface area contributed by atoms with Gasteiger partial charge in [-0.1, -0.05) is 0 Å². The van der Waals surface area contributed by atoms with Gasteiger partial charge in [0.25, 0.3) is 5.91 Å². The van der Waals surface area contributed by atoms with E-state index in [2.05, 4.69) is 10.2 Å². The molecule has 3 rings (SSSR count). The number of likely N-dealkylation sites (tertiary alicyclic amines) is 1. The van der Waals surface area contributed by atoms with Gasteiger partial charge in [0.15, 0.2) is 0 Å². The Bertz CT molecular complexity index is 664. The van der Waals surface area contributed by atoms with Crippen LogP contribution >= 0.6 is 11.3 Å². The van der Waals surface area contributed by atoms with E-state index in [1.165, 1.54) is 16.2 Å². The van der Waals surface area contributed by atoms with Crippen molar-refractivity contribution in [2.24, 2.45) is 5.92 Å². The van der Waals surface area contributed by atoms with Gasteiger partial charge in [-0.3, -0.25) is 9.89 Å². The summed E-state index contributed by atoms with van der Waals surface area (Å²) >= 11 is 1.32. The van der Waals surface area contributed by atoms with E-state index in [0.717, 1.165) is 10.6 Å². The molecule has 0 bridgehead atoms. The van der Waals surface area contributed by atoms with Gasteiger partial charge >= 0.3 is 5.97 Å². The second kappa shape index (κ2) is 5.28. The van der Waals surface area contributed by atoms with Gasteiger partial charge in [-0.2, -0.15) is 5.10 Å². The van der Waals surface area contributed by atoms with E-state index in [1.54, 1.807) is 18.3 Å². The van der Waals surface area contributed by atoms with Gasteiger partial charge < -0.3 is 10.0 Å². The van der Waals surface area contributed by atoms with Crippen molar-refractivity contribution in [3.05, 3.63) is 29.3 Å². The number of rotatable bonds is 4. The van der Waals surface area contributed by atoms with Crippen LogP contribution < -0.4 is 0 Å². The second-order valence-corrected chi connectivity index (χ2v) is 5.93. The van der Waals surface area contributed by atoms with E-state index in [0.29, 0.717) is 4.88 Å². The summed E-state index contributed by atoms with van der Waals surface area (Å²) in [6.07, 6.45) is -0.276. The van der Waals surface area contributed by atoms with E-state index in [9.17, 15) is 14.0 Å². The predicted molar refractivity (Wildman–Crippen MR) is 73.8 cm³/mol. The zero-order valence-electron chi connectivity index (χ0n) is 10.8. The van der Waals surface area contributed by atoms with Crippen LogP contribution in [-0.2, 0) is 4.79 Å². The van der Waals surface area contributed by atoms with Crippen LogP contribution in [0, 0.1) is 5.92 Å². The number of aromatic nitrogens is 2. The Hall–Kier alpha value is -2.22. The van der Waals surface area contributed by atoms with Crippen molar-refractivity contribution in [2.45, 2.75) is 6.17 Å². The molecule has 110 valence electrons. The van der Waals surface area contributed by atoms with E-state index >= 15 is 0 Å². The maximum absolute atomic E-state index is 13.3. The Labute approximate surface area is 123 Å². The number of amides is 1. The number of carbonyl (C=O) groups excluding carboxylic acids is 1. The molecular formula is C13H12FN3O3S. The predicted octanol–water partition coefficient (Wildman–Crippen LogP) is 1.63. The molecule has 1 saturated heterocycles. The smallest absolute Gasteiger partial charge is 0.338 e. The highest BCUT2D eigenvalue weighted by Crippen LogP contribution is 2.30. The molecule has 1 fully saturated rings. The van der Waals surface area contributed by atoms with Crippen molar-refractivity contribution < 1.29 is 19.1 Å². The van der Waals surface area contributed by atoms with Gasteiger partial charge in [0.2, 0.25) is 6.17 Å². The van der Waals surface area contributed by atoms with Crippen LogP contribution in [0.2, 0.25) is 0 Å². The number of halogens is 1. The molecule has 0 radical (unpaired) electrons. The molecule has 1 atom stereocenters. The summed E-state index contributed by atoms with van der Waals surface area (Å²) in [5, 5.41) is 15.3. The molecule has 6 nitrogen and oxygen atoms in total. The molecule has 0 saturated carbocycles. The van der Waals surface area contributed by atoms with Crippen LogP contribution in [0.5, 0.6) is 0 Å². The van der Waals surface area contributed by atoms with Crippen LogP contribution in [-0.4, -0.2) is 51.3 Å². The number of thiophene rings is 1. The third-order valence-corrected chi connectivity index (χ3v) is 4.54. The maximum Gasteiger partial charge on any atom is 0.338 e. The van der Waals surface area contributed by atoms with Crippen molar-refractivity contribution in [1.29, 1.82) is 0 Å². The maximum atomic E-state index is 13.3. The lowest BCUT2D eigenvalue weighted by atomic mass is 9.94. The Morgan fingerprint density at radius 3 is 2.81 bits per heavy atom. The monoisotopic (exact) mass is 309 g/mol. The molecule has 2 N–H and O–H groups in total. The number of carboxylic acids is 1. The number of hydrogen-bond donors (Lipinski definition) is 2. The van der Waals surface area contributed by atoms with Crippen LogP contribution in [0.1, 0.15) is 9.67 Å². The molecule has 2 aromatic heterocycles. The van der Waals surface area contributed by atoms with Gasteiger partial charge in [-0.25, -0.2) is 9.18 Å². The number of alkyl halides is 1. The number of nitrogens with one attached hydrogen (secondary N) is 1. The number of carboxylic acid groups (broad SMARTS) is 1. The second-order valence-electron chi connectivity index (χ2n) is 4.84. The van der Waals surface area contributed by atoms with Crippen LogP contribution in [0.15, 0.2) is 24.4 Å². The van der Waals surface area contributed by atoms with Crippen LogP contribution in [0.4, 0.5) is 4.39 Å². The Balaban J connectivity index is 1.64. The largest absolute Gasteiger partial charge is 0.479 e. The van der Waals surface area contributed by atoms with Crippen LogP contribution in [0.25, 0.3) is 10.6 Å². The van der Waals surface area contributed by atoms with E-state index in [-0.39, 0.29) is 19.0 Å². The lowest BCUT2D eigenvalue weighted by Gasteiger charge is -2.39. The number of aliphatic carboxylic acids is 1. The number of H-pyrrole nitrogens is 1. The third kappa shape index (κ3) is 2.54. The summed E-state index contributed by atoms with van der Waals surface area (Å²) in [5.41, 5.74) is 0.829. The first-order valence-corrected chi connectivity index (χ1v) is 7.13. The fourth-order valence-corrected chi connectivity index (χ4v) is 3.16. The molecular weight excluding hydrogens is 297 g/mol. The van der Waals surface area contributed by atoms with E-state index in [4.69, 9.17) is 5.11 Å². The number of carbonyl (C=O) groups is 2. The minimum atomic E-state index is -1.90.